The Balaban J connectivity index is 1.99. The van der Waals surface area contributed by atoms with Crippen molar-refractivity contribution in [3.05, 3.63) is 59.7 Å². The number of benzene rings is 1. The van der Waals surface area contributed by atoms with Crippen molar-refractivity contribution < 1.29 is 0 Å². The molecule has 0 unspecified atom stereocenters. The average molecular weight is 297 g/mol. The molecule has 0 bridgehead atoms. The Morgan fingerprint density at radius 3 is 2.81 bits per heavy atom. The number of halogens is 1. The van der Waals surface area contributed by atoms with Gasteiger partial charge in [0.1, 0.15) is 17.4 Å². The zero-order chi connectivity index (χ0) is 14.7. The smallest absolute Gasteiger partial charge is 0.124 e. The fourth-order valence-corrected chi connectivity index (χ4v) is 2.61. The number of imidazole rings is 1. The molecule has 0 saturated heterocycles. The van der Waals surface area contributed by atoms with Gasteiger partial charge in [0.05, 0.1) is 17.0 Å². The molecular weight excluding hydrogens is 284 g/mol. The Bertz CT molecular complexity index is 802. The van der Waals surface area contributed by atoms with E-state index in [1.54, 1.807) is 12.3 Å². The molecule has 104 valence electrons. The molecule has 5 heteroatoms. The van der Waals surface area contributed by atoms with Crippen LogP contribution in [0.15, 0.2) is 42.6 Å². The van der Waals surface area contributed by atoms with Gasteiger partial charge < -0.3 is 4.57 Å². The van der Waals surface area contributed by atoms with E-state index in [0.717, 1.165) is 35.5 Å². The summed E-state index contributed by atoms with van der Waals surface area (Å²) in [6.07, 6.45) is 2.59. The number of alkyl halides is 1. The lowest BCUT2D eigenvalue weighted by Gasteiger charge is -2.07. The zero-order valence-corrected chi connectivity index (χ0v) is 12.1. The van der Waals surface area contributed by atoms with Crippen LogP contribution in [0.2, 0.25) is 0 Å². The Kier molecular flexibility index (Phi) is 3.85. The molecule has 0 radical (unpaired) electrons. The Morgan fingerprint density at radius 2 is 2.10 bits per heavy atom. The highest BCUT2D eigenvalue weighted by atomic mass is 35.5. The third-order valence-electron chi connectivity index (χ3n) is 3.42. The van der Waals surface area contributed by atoms with Gasteiger partial charge in [-0.3, -0.25) is 4.98 Å². The largest absolute Gasteiger partial charge is 0.327 e. The maximum atomic E-state index is 9.17. The molecule has 0 atom stereocenters. The van der Waals surface area contributed by atoms with E-state index in [2.05, 4.69) is 20.6 Å². The van der Waals surface area contributed by atoms with Gasteiger partial charge in [-0.15, -0.1) is 11.6 Å². The van der Waals surface area contributed by atoms with Crippen LogP contribution in [0.5, 0.6) is 0 Å². The summed E-state index contributed by atoms with van der Waals surface area (Å²) in [5.74, 6) is 1.10. The lowest BCUT2D eigenvalue weighted by molar-refractivity contribution is 0.678. The van der Waals surface area contributed by atoms with Gasteiger partial charge in [0.15, 0.2) is 0 Å². The summed E-state index contributed by atoms with van der Waals surface area (Å²) in [6.45, 7) is 0.741. The van der Waals surface area contributed by atoms with Gasteiger partial charge in [0.25, 0.3) is 0 Å². The second-order valence-corrected chi connectivity index (χ2v) is 4.94. The van der Waals surface area contributed by atoms with Crippen molar-refractivity contribution in [3.63, 3.8) is 0 Å². The van der Waals surface area contributed by atoms with Crippen LogP contribution in [0, 0.1) is 11.3 Å². The second kappa shape index (κ2) is 5.94. The maximum Gasteiger partial charge on any atom is 0.124 e. The lowest BCUT2D eigenvalue weighted by atomic mass is 10.2. The minimum atomic E-state index is 0.321. The van der Waals surface area contributed by atoms with E-state index in [1.165, 1.54) is 0 Å². The predicted octanol–water partition coefficient (Wildman–Crippen LogP) is 3.28. The average Bonchev–Trinajstić information content (AvgIpc) is 2.91. The molecule has 0 spiro atoms. The Labute approximate surface area is 127 Å². The molecule has 0 aliphatic heterocycles. The number of rotatable bonds is 4. The first kappa shape index (κ1) is 13.6. The maximum absolute atomic E-state index is 9.17. The third kappa shape index (κ3) is 2.61. The van der Waals surface area contributed by atoms with E-state index < -0.39 is 0 Å². The van der Waals surface area contributed by atoms with Crippen molar-refractivity contribution in [3.8, 4) is 6.07 Å². The monoisotopic (exact) mass is 296 g/mol. The summed E-state index contributed by atoms with van der Waals surface area (Å²) in [5.41, 5.74) is 3.27. The minimum Gasteiger partial charge on any atom is -0.327 e. The fourth-order valence-electron chi connectivity index (χ4n) is 2.41. The third-order valence-corrected chi connectivity index (χ3v) is 3.65. The highest BCUT2D eigenvalue weighted by molar-refractivity contribution is 6.16. The van der Waals surface area contributed by atoms with Crippen LogP contribution in [0.4, 0.5) is 0 Å². The van der Waals surface area contributed by atoms with Crippen molar-refractivity contribution in [1.82, 2.24) is 14.5 Å². The standard InChI is InChI=1S/C16H13ClN4/c17-10-15-20-16-12(11-18)4-3-6-14(16)21(15)9-7-13-5-1-2-8-19-13/h1-6,8H,7,9-10H2. The molecule has 0 saturated carbocycles. The molecule has 21 heavy (non-hydrogen) atoms. The molecule has 0 aliphatic carbocycles. The molecule has 1 aromatic carbocycles. The molecule has 0 amide bonds. The number of para-hydroxylation sites is 1. The van der Waals surface area contributed by atoms with Gasteiger partial charge in [-0.1, -0.05) is 12.1 Å². The number of pyridine rings is 1. The molecule has 2 heterocycles. The summed E-state index contributed by atoms with van der Waals surface area (Å²) in [7, 11) is 0. The van der Waals surface area contributed by atoms with Crippen molar-refractivity contribution in [1.29, 1.82) is 5.26 Å². The minimum absolute atomic E-state index is 0.321. The van der Waals surface area contributed by atoms with E-state index in [4.69, 9.17) is 11.6 Å². The lowest BCUT2D eigenvalue weighted by Crippen LogP contribution is -2.05. The highest BCUT2D eigenvalue weighted by Gasteiger charge is 2.12. The first-order chi connectivity index (χ1) is 10.3. The van der Waals surface area contributed by atoms with Gasteiger partial charge in [0.2, 0.25) is 0 Å². The summed E-state index contributed by atoms with van der Waals surface area (Å²) in [6, 6.07) is 13.7. The van der Waals surface area contributed by atoms with Crippen molar-refractivity contribution in [2.45, 2.75) is 18.8 Å². The molecule has 4 nitrogen and oxygen atoms in total. The first-order valence-electron chi connectivity index (χ1n) is 6.67. The van der Waals surface area contributed by atoms with Crippen molar-refractivity contribution in [2.75, 3.05) is 0 Å². The van der Waals surface area contributed by atoms with Gasteiger partial charge in [-0.2, -0.15) is 5.26 Å². The van der Waals surface area contributed by atoms with Crippen molar-refractivity contribution in [2.24, 2.45) is 0 Å². The zero-order valence-electron chi connectivity index (χ0n) is 11.3. The number of nitriles is 1. The van der Waals surface area contributed by atoms with Gasteiger partial charge in [-0.25, -0.2) is 4.98 Å². The van der Waals surface area contributed by atoms with Gasteiger partial charge in [-0.05, 0) is 24.3 Å². The van der Waals surface area contributed by atoms with Crippen LogP contribution in [0.3, 0.4) is 0 Å². The molecule has 0 N–H and O–H groups in total. The van der Waals surface area contributed by atoms with Crippen LogP contribution in [0.1, 0.15) is 17.1 Å². The van der Waals surface area contributed by atoms with Crippen molar-refractivity contribution >= 4 is 22.6 Å². The molecule has 3 aromatic rings. The molecule has 3 rings (SSSR count). The quantitative estimate of drug-likeness (QED) is 0.694. The van der Waals surface area contributed by atoms with E-state index in [1.807, 2.05) is 30.3 Å². The van der Waals surface area contributed by atoms with Crippen LogP contribution >= 0.6 is 11.6 Å². The first-order valence-corrected chi connectivity index (χ1v) is 7.21. The number of hydrogen-bond donors (Lipinski definition) is 0. The normalized spacial score (nSPS) is 10.7. The van der Waals surface area contributed by atoms with Crippen LogP contribution < -0.4 is 0 Å². The van der Waals surface area contributed by atoms with E-state index >= 15 is 0 Å². The molecular formula is C16H13ClN4. The summed E-state index contributed by atoms with van der Waals surface area (Å²) < 4.78 is 2.07. The second-order valence-electron chi connectivity index (χ2n) is 4.67. The van der Waals surface area contributed by atoms with Crippen LogP contribution in [0.25, 0.3) is 11.0 Å². The van der Waals surface area contributed by atoms with Gasteiger partial charge >= 0.3 is 0 Å². The fraction of sp³-hybridized carbons (Fsp3) is 0.188. The number of nitrogens with zero attached hydrogens (tertiary/aromatic N) is 4. The molecule has 0 fully saturated rings. The predicted molar refractivity (Wildman–Crippen MR) is 81.9 cm³/mol. The molecule has 0 aliphatic rings. The molecule has 2 aromatic heterocycles. The Morgan fingerprint density at radius 1 is 1.19 bits per heavy atom. The highest BCUT2D eigenvalue weighted by Crippen LogP contribution is 2.21. The van der Waals surface area contributed by atoms with Gasteiger partial charge in [0, 0.05) is 24.9 Å². The summed E-state index contributed by atoms with van der Waals surface area (Å²) >= 11 is 6.00. The number of aryl methyl sites for hydroxylation is 2. The number of hydrogen-bond acceptors (Lipinski definition) is 3. The van der Waals surface area contributed by atoms with Crippen LogP contribution in [-0.4, -0.2) is 14.5 Å². The number of aromatic nitrogens is 3. The topological polar surface area (TPSA) is 54.5 Å². The van der Waals surface area contributed by atoms with E-state index in [9.17, 15) is 5.26 Å². The summed E-state index contributed by atoms with van der Waals surface area (Å²) in [4.78, 5) is 8.83. The SMILES string of the molecule is N#Cc1cccc2c1nc(CCl)n2CCc1ccccn1. The van der Waals surface area contributed by atoms with E-state index in [0.29, 0.717) is 11.4 Å². The van der Waals surface area contributed by atoms with Crippen LogP contribution in [-0.2, 0) is 18.8 Å². The Hall–Kier alpha value is -2.38. The number of fused-ring (bicyclic) bond motifs is 1. The summed E-state index contributed by atoms with van der Waals surface area (Å²) in [5, 5.41) is 9.17. The van der Waals surface area contributed by atoms with E-state index in [-0.39, 0.29) is 0 Å².